The second kappa shape index (κ2) is 6.64. The molecule has 1 saturated heterocycles. The lowest BCUT2D eigenvalue weighted by atomic mass is 9.91. The molecule has 0 spiro atoms. The van der Waals surface area contributed by atoms with Crippen LogP contribution in [0, 0.1) is 5.92 Å². The lowest BCUT2D eigenvalue weighted by Crippen LogP contribution is -2.33. The van der Waals surface area contributed by atoms with Gasteiger partial charge in [0.25, 0.3) is 0 Å². The van der Waals surface area contributed by atoms with Crippen molar-refractivity contribution in [3.05, 3.63) is 41.3 Å². The molecule has 6 heteroatoms. The number of hydrogen-bond acceptors (Lipinski definition) is 4. The summed E-state index contributed by atoms with van der Waals surface area (Å²) in [6.45, 7) is 2.28. The van der Waals surface area contributed by atoms with Gasteiger partial charge in [0, 0.05) is 32.7 Å². The van der Waals surface area contributed by atoms with Crippen LogP contribution in [0.15, 0.2) is 28.9 Å². The molecule has 2 aromatic rings. The minimum absolute atomic E-state index is 0.192. The van der Waals surface area contributed by atoms with E-state index in [4.69, 9.17) is 20.8 Å². The van der Waals surface area contributed by atoms with Crippen LogP contribution >= 0.6 is 11.6 Å². The summed E-state index contributed by atoms with van der Waals surface area (Å²) in [5.41, 5.74) is 0. The van der Waals surface area contributed by atoms with E-state index in [-0.39, 0.29) is 6.04 Å². The maximum absolute atomic E-state index is 5.82. The number of hydrogen-bond donors (Lipinski definition) is 1. The Balaban J connectivity index is 1.73. The fourth-order valence-electron chi connectivity index (χ4n) is 2.85. The fourth-order valence-corrected chi connectivity index (χ4v) is 3.01. The molecule has 2 aromatic heterocycles. The largest absolute Gasteiger partial charge is 0.448 e. The van der Waals surface area contributed by atoms with Gasteiger partial charge in [-0.05, 0) is 42.5 Å². The topological polar surface area (TPSA) is 52.2 Å². The molecule has 1 N–H and O–H groups in total. The number of aryl methyl sites for hydroxylation is 1. The van der Waals surface area contributed by atoms with E-state index in [0.29, 0.717) is 17.7 Å². The zero-order valence-corrected chi connectivity index (χ0v) is 12.8. The van der Waals surface area contributed by atoms with Crippen molar-refractivity contribution in [1.82, 2.24) is 14.9 Å². The standard InChI is InChI=1S/C15H20ClN3O2/c1-19-7-6-17-15(19)14(11-4-8-20-9-5-11)18-10-12-2-3-13(16)21-12/h2-3,6-7,11,14,18H,4-5,8-10H2,1H3. The van der Waals surface area contributed by atoms with Gasteiger partial charge in [-0.3, -0.25) is 0 Å². The van der Waals surface area contributed by atoms with Crippen LogP contribution in [-0.2, 0) is 18.3 Å². The van der Waals surface area contributed by atoms with E-state index in [1.54, 1.807) is 6.07 Å². The lowest BCUT2D eigenvalue weighted by Gasteiger charge is -2.30. The normalized spacial score (nSPS) is 18.0. The van der Waals surface area contributed by atoms with Gasteiger partial charge in [-0.1, -0.05) is 0 Å². The molecule has 0 amide bonds. The predicted molar refractivity (Wildman–Crippen MR) is 80.0 cm³/mol. The molecule has 0 aliphatic carbocycles. The van der Waals surface area contributed by atoms with Crippen LogP contribution in [0.25, 0.3) is 0 Å². The van der Waals surface area contributed by atoms with Crippen LogP contribution in [0.4, 0.5) is 0 Å². The minimum Gasteiger partial charge on any atom is -0.448 e. The van der Waals surface area contributed by atoms with Crippen molar-refractivity contribution in [3.63, 3.8) is 0 Å². The highest BCUT2D eigenvalue weighted by atomic mass is 35.5. The Kier molecular flexibility index (Phi) is 4.63. The zero-order chi connectivity index (χ0) is 14.7. The molecule has 0 radical (unpaired) electrons. The Labute approximate surface area is 129 Å². The molecule has 0 bridgehead atoms. The number of rotatable bonds is 5. The fraction of sp³-hybridized carbons (Fsp3) is 0.533. The predicted octanol–water partition coefficient (Wildman–Crippen LogP) is 2.92. The first kappa shape index (κ1) is 14.6. The number of halogens is 1. The number of furan rings is 1. The highest BCUT2D eigenvalue weighted by Crippen LogP contribution is 2.29. The third-order valence-corrected chi connectivity index (χ3v) is 4.20. The summed E-state index contributed by atoms with van der Waals surface area (Å²) in [5.74, 6) is 2.41. The summed E-state index contributed by atoms with van der Waals surface area (Å²) in [7, 11) is 2.03. The number of ether oxygens (including phenoxy) is 1. The van der Waals surface area contributed by atoms with Crippen molar-refractivity contribution >= 4 is 11.6 Å². The molecule has 0 saturated carbocycles. The van der Waals surface area contributed by atoms with Gasteiger partial charge in [0.2, 0.25) is 0 Å². The molecule has 1 fully saturated rings. The second-order valence-corrected chi connectivity index (χ2v) is 5.78. The molecule has 3 rings (SSSR count). The Morgan fingerprint density at radius 2 is 2.24 bits per heavy atom. The van der Waals surface area contributed by atoms with Gasteiger partial charge in [-0.15, -0.1) is 0 Å². The molecule has 5 nitrogen and oxygen atoms in total. The average molecular weight is 310 g/mol. The first-order valence-corrected chi connectivity index (χ1v) is 7.64. The summed E-state index contributed by atoms with van der Waals surface area (Å²) in [4.78, 5) is 4.51. The summed E-state index contributed by atoms with van der Waals surface area (Å²) >= 11 is 5.82. The molecule has 114 valence electrons. The molecule has 1 unspecified atom stereocenters. The highest BCUT2D eigenvalue weighted by molar-refractivity contribution is 6.28. The van der Waals surface area contributed by atoms with Crippen LogP contribution in [0.1, 0.15) is 30.5 Å². The van der Waals surface area contributed by atoms with E-state index in [0.717, 1.165) is 37.6 Å². The van der Waals surface area contributed by atoms with Crippen LogP contribution in [0.2, 0.25) is 5.22 Å². The number of nitrogens with zero attached hydrogens (tertiary/aromatic N) is 2. The SMILES string of the molecule is Cn1ccnc1C(NCc1ccc(Cl)o1)C1CCOCC1. The van der Waals surface area contributed by atoms with E-state index < -0.39 is 0 Å². The monoisotopic (exact) mass is 309 g/mol. The lowest BCUT2D eigenvalue weighted by molar-refractivity contribution is 0.0515. The maximum Gasteiger partial charge on any atom is 0.193 e. The van der Waals surface area contributed by atoms with Crippen LogP contribution in [0.3, 0.4) is 0 Å². The number of nitrogens with one attached hydrogen (secondary N) is 1. The third kappa shape index (κ3) is 3.48. The van der Waals surface area contributed by atoms with Crippen LogP contribution in [0.5, 0.6) is 0 Å². The Bertz CT molecular complexity index is 575. The van der Waals surface area contributed by atoms with Crippen molar-refractivity contribution in [2.75, 3.05) is 13.2 Å². The molecule has 1 aliphatic heterocycles. The second-order valence-electron chi connectivity index (χ2n) is 5.41. The molecule has 1 atom stereocenters. The molecule has 1 aliphatic rings. The van der Waals surface area contributed by atoms with Gasteiger partial charge in [0.15, 0.2) is 5.22 Å². The van der Waals surface area contributed by atoms with E-state index in [1.165, 1.54) is 0 Å². The quantitative estimate of drug-likeness (QED) is 0.922. The number of aromatic nitrogens is 2. The van der Waals surface area contributed by atoms with Gasteiger partial charge < -0.3 is 19.0 Å². The Morgan fingerprint density at radius 1 is 1.43 bits per heavy atom. The van der Waals surface area contributed by atoms with Crippen LogP contribution < -0.4 is 5.32 Å². The summed E-state index contributed by atoms with van der Waals surface area (Å²) in [5, 5.41) is 3.99. The van der Waals surface area contributed by atoms with E-state index in [1.807, 2.05) is 25.5 Å². The van der Waals surface area contributed by atoms with Crippen molar-refractivity contribution < 1.29 is 9.15 Å². The zero-order valence-electron chi connectivity index (χ0n) is 12.1. The summed E-state index contributed by atoms with van der Waals surface area (Å²) < 4.78 is 13.0. The molecule has 21 heavy (non-hydrogen) atoms. The van der Waals surface area contributed by atoms with E-state index in [9.17, 15) is 0 Å². The molecule has 0 aromatic carbocycles. The van der Waals surface area contributed by atoms with E-state index >= 15 is 0 Å². The molecular formula is C15H20ClN3O2. The van der Waals surface area contributed by atoms with Gasteiger partial charge in [0.05, 0.1) is 12.6 Å². The molecular weight excluding hydrogens is 290 g/mol. The van der Waals surface area contributed by atoms with Gasteiger partial charge >= 0.3 is 0 Å². The minimum atomic E-state index is 0.192. The van der Waals surface area contributed by atoms with Gasteiger partial charge in [-0.25, -0.2) is 4.98 Å². The summed E-state index contributed by atoms with van der Waals surface area (Å²) in [6.07, 6.45) is 5.91. The Hall–Kier alpha value is -1.30. The van der Waals surface area contributed by atoms with E-state index in [2.05, 4.69) is 14.9 Å². The Morgan fingerprint density at radius 3 is 2.86 bits per heavy atom. The van der Waals surface area contributed by atoms with Crippen molar-refractivity contribution in [1.29, 1.82) is 0 Å². The first-order valence-electron chi connectivity index (χ1n) is 7.26. The number of imidazole rings is 1. The van der Waals surface area contributed by atoms with Crippen LogP contribution in [-0.4, -0.2) is 22.8 Å². The smallest absolute Gasteiger partial charge is 0.193 e. The van der Waals surface area contributed by atoms with Gasteiger partial charge in [0.1, 0.15) is 11.6 Å². The third-order valence-electron chi connectivity index (χ3n) is 4.00. The summed E-state index contributed by atoms with van der Waals surface area (Å²) in [6, 6.07) is 3.86. The maximum atomic E-state index is 5.82. The first-order chi connectivity index (χ1) is 10.2. The van der Waals surface area contributed by atoms with Crippen molar-refractivity contribution in [2.24, 2.45) is 13.0 Å². The van der Waals surface area contributed by atoms with Gasteiger partial charge in [-0.2, -0.15) is 0 Å². The average Bonchev–Trinajstić information content (AvgIpc) is 3.10. The molecule has 3 heterocycles. The van der Waals surface area contributed by atoms with Crippen molar-refractivity contribution in [2.45, 2.75) is 25.4 Å². The highest BCUT2D eigenvalue weighted by Gasteiger charge is 2.28. The van der Waals surface area contributed by atoms with Crippen molar-refractivity contribution in [3.8, 4) is 0 Å².